The van der Waals surface area contributed by atoms with Crippen LogP contribution in [0.5, 0.6) is 0 Å². The van der Waals surface area contributed by atoms with E-state index in [1.165, 1.54) is 0 Å². The lowest BCUT2D eigenvalue weighted by Gasteiger charge is -2.20. The molecule has 7 heteroatoms. The molecule has 118 valence electrons. The summed E-state index contributed by atoms with van der Waals surface area (Å²) in [6.07, 6.45) is 3.50. The number of pyridine rings is 1. The molecule has 0 saturated carbocycles. The van der Waals surface area contributed by atoms with E-state index in [1.807, 2.05) is 26.8 Å². The van der Waals surface area contributed by atoms with Crippen molar-refractivity contribution in [2.45, 2.75) is 44.9 Å². The summed E-state index contributed by atoms with van der Waals surface area (Å²) in [6, 6.07) is 1.53. The second-order valence-electron chi connectivity index (χ2n) is 5.51. The molecular formula is C14H22BrN2O3S+. The first kappa shape index (κ1) is 18.4. The zero-order valence-electron chi connectivity index (χ0n) is 12.7. The zero-order chi connectivity index (χ0) is 16.0. The van der Waals surface area contributed by atoms with E-state index < -0.39 is 11.4 Å². The van der Waals surface area contributed by atoms with Gasteiger partial charge in [-0.05, 0) is 55.3 Å². The van der Waals surface area contributed by atoms with Gasteiger partial charge in [0.2, 0.25) is 11.4 Å². The summed E-state index contributed by atoms with van der Waals surface area (Å²) in [5.41, 5.74) is 0.827. The minimum atomic E-state index is -1.05. The number of aromatic nitrogens is 1. The van der Waals surface area contributed by atoms with Crippen LogP contribution in [0.25, 0.3) is 0 Å². The van der Waals surface area contributed by atoms with Gasteiger partial charge in [-0.25, -0.2) is 0 Å². The SMILES string of the molecule is CCOC(=O)C[C@H](N[S+](O)C(C)(C)C)c1cncc(Br)c1. The Morgan fingerprint density at radius 3 is 2.71 bits per heavy atom. The molecule has 2 atom stereocenters. The molecule has 0 aliphatic carbocycles. The molecule has 5 nitrogen and oxygen atoms in total. The van der Waals surface area contributed by atoms with Crippen molar-refractivity contribution >= 4 is 33.3 Å². The largest absolute Gasteiger partial charge is 0.466 e. The van der Waals surface area contributed by atoms with Gasteiger partial charge >= 0.3 is 5.97 Å². The topological polar surface area (TPSA) is 71.5 Å². The maximum atomic E-state index is 11.8. The summed E-state index contributed by atoms with van der Waals surface area (Å²) < 4.78 is 18.9. The van der Waals surface area contributed by atoms with Crippen molar-refractivity contribution in [1.29, 1.82) is 0 Å². The van der Waals surface area contributed by atoms with Gasteiger partial charge in [0.25, 0.3) is 0 Å². The standard InChI is InChI=1S/C14H22BrN2O3S/c1-5-20-13(18)7-12(17-21(19)14(2,3)4)10-6-11(15)9-16-8-10/h6,8-9,12,17,19H,5,7H2,1-4H3/q+1/t12-,21?/m0/s1. The third-order valence-electron chi connectivity index (χ3n) is 2.64. The van der Waals surface area contributed by atoms with Crippen molar-refractivity contribution in [1.82, 2.24) is 9.71 Å². The van der Waals surface area contributed by atoms with Crippen LogP contribution in [0.15, 0.2) is 22.9 Å². The van der Waals surface area contributed by atoms with Crippen molar-refractivity contribution in [3.05, 3.63) is 28.5 Å². The number of ether oxygens (including phenoxy) is 1. The first-order valence-electron chi connectivity index (χ1n) is 6.69. The minimum absolute atomic E-state index is 0.145. The lowest BCUT2D eigenvalue weighted by Crippen LogP contribution is -2.41. The van der Waals surface area contributed by atoms with E-state index in [2.05, 4.69) is 25.6 Å². The van der Waals surface area contributed by atoms with Gasteiger partial charge in [0.1, 0.15) is 0 Å². The first-order chi connectivity index (χ1) is 9.74. The Bertz CT molecular complexity index is 480. The van der Waals surface area contributed by atoms with Crippen LogP contribution in [-0.2, 0) is 20.9 Å². The molecule has 1 heterocycles. The number of carbonyl (C=O) groups excluding carboxylic acids is 1. The summed E-state index contributed by atoms with van der Waals surface area (Å²) in [5.74, 6) is -0.305. The van der Waals surface area contributed by atoms with Gasteiger partial charge in [0.05, 0.1) is 19.1 Å². The molecule has 2 N–H and O–H groups in total. The molecule has 0 spiro atoms. The van der Waals surface area contributed by atoms with Crippen LogP contribution < -0.4 is 4.72 Å². The monoisotopic (exact) mass is 377 g/mol. The molecule has 1 aromatic heterocycles. The maximum Gasteiger partial charge on any atom is 0.307 e. The van der Waals surface area contributed by atoms with Crippen molar-refractivity contribution in [3.63, 3.8) is 0 Å². The Labute approximate surface area is 137 Å². The smallest absolute Gasteiger partial charge is 0.307 e. The molecule has 1 rings (SSSR count). The second kappa shape index (κ2) is 8.12. The number of hydrogen-bond acceptors (Lipinski definition) is 5. The van der Waals surface area contributed by atoms with Gasteiger partial charge in [0.15, 0.2) is 4.75 Å². The number of hydrogen-bond donors (Lipinski definition) is 2. The third-order valence-corrected chi connectivity index (χ3v) is 4.74. The van der Waals surface area contributed by atoms with Gasteiger partial charge in [-0.15, -0.1) is 0 Å². The Kier molecular flexibility index (Phi) is 7.12. The van der Waals surface area contributed by atoms with E-state index in [4.69, 9.17) is 4.74 Å². The van der Waals surface area contributed by atoms with E-state index in [0.717, 1.165) is 10.0 Å². The molecule has 1 unspecified atom stereocenters. The molecule has 21 heavy (non-hydrogen) atoms. The number of carbonyl (C=O) groups is 1. The molecular weight excluding hydrogens is 356 g/mol. The predicted molar refractivity (Wildman–Crippen MR) is 88.8 cm³/mol. The fourth-order valence-electron chi connectivity index (χ4n) is 1.54. The zero-order valence-corrected chi connectivity index (χ0v) is 15.1. The highest BCUT2D eigenvalue weighted by Gasteiger charge is 2.38. The highest BCUT2D eigenvalue weighted by molar-refractivity contribution is 9.10. The van der Waals surface area contributed by atoms with E-state index >= 15 is 0 Å². The Hall–Kier alpha value is -0.630. The highest BCUT2D eigenvalue weighted by Crippen LogP contribution is 2.24. The van der Waals surface area contributed by atoms with Gasteiger partial charge in [-0.1, -0.05) is 4.72 Å². The van der Waals surface area contributed by atoms with E-state index in [0.29, 0.717) is 6.61 Å². The summed E-state index contributed by atoms with van der Waals surface area (Å²) >= 11 is 2.32. The fourth-order valence-corrected chi connectivity index (χ4v) is 2.77. The van der Waals surface area contributed by atoms with Crippen LogP contribution in [0.2, 0.25) is 0 Å². The molecule has 0 radical (unpaired) electrons. The Morgan fingerprint density at radius 1 is 1.52 bits per heavy atom. The van der Waals surface area contributed by atoms with Gasteiger partial charge in [0, 0.05) is 16.9 Å². The quantitative estimate of drug-likeness (QED) is 0.588. The Morgan fingerprint density at radius 2 is 2.19 bits per heavy atom. The molecule has 0 saturated heterocycles. The molecule has 0 aliphatic rings. The molecule has 0 bridgehead atoms. The fraction of sp³-hybridized carbons (Fsp3) is 0.571. The minimum Gasteiger partial charge on any atom is -0.466 e. The summed E-state index contributed by atoms with van der Waals surface area (Å²) in [4.78, 5) is 15.9. The second-order valence-corrected chi connectivity index (χ2v) is 8.46. The first-order valence-corrected chi connectivity index (χ1v) is 8.67. The van der Waals surface area contributed by atoms with Crippen molar-refractivity contribution in [3.8, 4) is 0 Å². The molecule has 1 aromatic rings. The number of halogens is 1. The predicted octanol–water partition coefficient (Wildman–Crippen LogP) is 3.23. The lowest BCUT2D eigenvalue weighted by atomic mass is 10.1. The molecule has 0 amide bonds. The van der Waals surface area contributed by atoms with E-state index in [9.17, 15) is 9.35 Å². The van der Waals surface area contributed by atoms with E-state index in [-0.39, 0.29) is 23.2 Å². The lowest BCUT2D eigenvalue weighted by molar-refractivity contribution is -0.143. The van der Waals surface area contributed by atoms with Gasteiger partial charge in [-0.2, -0.15) is 4.55 Å². The molecule has 0 aromatic carbocycles. The maximum absolute atomic E-state index is 11.8. The molecule has 0 aliphatic heterocycles. The molecule has 0 fully saturated rings. The Balaban J connectivity index is 2.92. The van der Waals surface area contributed by atoms with Crippen LogP contribution in [0.4, 0.5) is 0 Å². The average Bonchev–Trinajstić information content (AvgIpc) is 2.37. The van der Waals surface area contributed by atoms with Crippen LogP contribution in [-0.4, -0.2) is 26.9 Å². The number of esters is 1. The summed E-state index contributed by atoms with van der Waals surface area (Å²) in [5, 5.41) is 0. The van der Waals surface area contributed by atoms with Crippen molar-refractivity contribution < 1.29 is 14.1 Å². The average molecular weight is 378 g/mol. The van der Waals surface area contributed by atoms with Crippen LogP contribution >= 0.6 is 15.9 Å². The van der Waals surface area contributed by atoms with Crippen LogP contribution in [0, 0.1) is 0 Å². The summed E-state index contributed by atoms with van der Waals surface area (Å²) in [7, 11) is 0. The highest BCUT2D eigenvalue weighted by atomic mass is 79.9. The van der Waals surface area contributed by atoms with Gasteiger partial charge in [-0.3, -0.25) is 9.78 Å². The van der Waals surface area contributed by atoms with Crippen LogP contribution in [0.3, 0.4) is 0 Å². The number of rotatable bonds is 6. The van der Waals surface area contributed by atoms with Crippen molar-refractivity contribution in [2.75, 3.05) is 6.61 Å². The van der Waals surface area contributed by atoms with Gasteiger partial charge < -0.3 is 4.74 Å². The normalized spacial score (nSPS) is 14.6. The van der Waals surface area contributed by atoms with Crippen LogP contribution in [0.1, 0.15) is 45.7 Å². The summed E-state index contributed by atoms with van der Waals surface area (Å²) in [6.45, 7) is 7.91. The third kappa shape index (κ3) is 6.34. The number of nitrogens with one attached hydrogen (secondary N) is 1. The number of nitrogens with zero attached hydrogens (tertiary/aromatic N) is 1. The van der Waals surface area contributed by atoms with E-state index in [1.54, 1.807) is 19.3 Å². The van der Waals surface area contributed by atoms with Crippen molar-refractivity contribution in [2.24, 2.45) is 0 Å².